The molecule has 0 aliphatic rings. The van der Waals surface area contributed by atoms with Gasteiger partial charge in [0.25, 0.3) is 0 Å². The summed E-state index contributed by atoms with van der Waals surface area (Å²) in [5, 5.41) is 8.84. The highest BCUT2D eigenvalue weighted by molar-refractivity contribution is 5.82. The first kappa shape index (κ1) is 15.3. The number of rotatable bonds is 4. The normalized spacial score (nSPS) is 10.9. The summed E-state index contributed by atoms with van der Waals surface area (Å²) in [7, 11) is 0. The highest BCUT2D eigenvalue weighted by atomic mass is 15.1. The van der Waals surface area contributed by atoms with E-state index in [0.717, 1.165) is 35.4 Å². The molecule has 116 valence electrons. The fourth-order valence-electron chi connectivity index (χ4n) is 2.93. The van der Waals surface area contributed by atoms with Gasteiger partial charge in [0.2, 0.25) is 0 Å². The maximum absolute atomic E-state index is 8.84. The molecule has 0 atom stereocenters. The summed E-state index contributed by atoms with van der Waals surface area (Å²) in [4.78, 5) is 4.88. The molecule has 3 aromatic rings. The van der Waals surface area contributed by atoms with Gasteiger partial charge in [-0.05, 0) is 56.5 Å². The average Bonchev–Trinajstić information content (AvgIpc) is 2.86. The van der Waals surface area contributed by atoms with Crippen LogP contribution >= 0.6 is 0 Å². The molecule has 0 unspecified atom stereocenters. The molecule has 0 radical (unpaired) electrons. The molecule has 0 bridgehead atoms. The molecular formula is C20H21N3. The van der Waals surface area contributed by atoms with Gasteiger partial charge in [-0.15, -0.1) is 0 Å². The van der Waals surface area contributed by atoms with Gasteiger partial charge in [0.1, 0.15) is 5.82 Å². The van der Waals surface area contributed by atoms with Crippen LogP contribution in [0.4, 0.5) is 0 Å². The molecule has 0 aliphatic carbocycles. The molecule has 0 aliphatic heterocycles. The van der Waals surface area contributed by atoms with Crippen LogP contribution < -0.4 is 0 Å². The molecular weight excluding hydrogens is 282 g/mol. The summed E-state index contributed by atoms with van der Waals surface area (Å²) in [5.74, 6) is 0.992. The lowest BCUT2D eigenvalue weighted by Gasteiger charge is -2.09. The highest BCUT2D eigenvalue weighted by Gasteiger charge is 2.13. The van der Waals surface area contributed by atoms with Crippen LogP contribution in [0.15, 0.2) is 36.4 Å². The Hall–Kier alpha value is -2.60. The lowest BCUT2D eigenvalue weighted by molar-refractivity contribution is 0.675. The highest BCUT2D eigenvalue weighted by Crippen LogP contribution is 2.28. The van der Waals surface area contributed by atoms with E-state index in [4.69, 9.17) is 10.2 Å². The number of nitriles is 1. The second kappa shape index (κ2) is 6.26. The predicted molar refractivity (Wildman–Crippen MR) is 94.2 cm³/mol. The van der Waals surface area contributed by atoms with Gasteiger partial charge in [0.05, 0.1) is 17.1 Å². The van der Waals surface area contributed by atoms with Crippen LogP contribution in [0.2, 0.25) is 0 Å². The third kappa shape index (κ3) is 2.98. The topological polar surface area (TPSA) is 41.6 Å². The molecule has 0 saturated heterocycles. The number of unbranched alkanes of at least 4 members (excludes halogenated alkanes) is 1. The van der Waals surface area contributed by atoms with Crippen LogP contribution in [-0.2, 0) is 6.54 Å². The third-order valence-corrected chi connectivity index (χ3v) is 4.31. The molecule has 0 fully saturated rings. The van der Waals surface area contributed by atoms with E-state index in [1.165, 1.54) is 16.7 Å². The maximum atomic E-state index is 8.84. The summed E-state index contributed by atoms with van der Waals surface area (Å²) in [6.07, 6.45) is 1.41. The van der Waals surface area contributed by atoms with E-state index < -0.39 is 0 Å². The van der Waals surface area contributed by atoms with Gasteiger partial charge >= 0.3 is 0 Å². The first-order valence-electron chi connectivity index (χ1n) is 8.01. The fraction of sp³-hybridized carbons (Fsp3) is 0.300. The lowest BCUT2D eigenvalue weighted by Crippen LogP contribution is -2.01. The number of aromatic nitrogens is 2. The zero-order valence-corrected chi connectivity index (χ0v) is 13.9. The summed E-state index contributed by atoms with van der Waals surface area (Å²) in [5.41, 5.74) is 7.08. The molecule has 23 heavy (non-hydrogen) atoms. The van der Waals surface area contributed by atoms with Crippen LogP contribution in [0.3, 0.4) is 0 Å². The Morgan fingerprint density at radius 1 is 1.09 bits per heavy atom. The summed E-state index contributed by atoms with van der Waals surface area (Å²) in [6.45, 7) is 7.17. The monoisotopic (exact) mass is 303 g/mol. The van der Waals surface area contributed by atoms with Crippen molar-refractivity contribution in [1.29, 1.82) is 5.26 Å². The van der Waals surface area contributed by atoms with Gasteiger partial charge in [-0.1, -0.05) is 23.8 Å². The van der Waals surface area contributed by atoms with Gasteiger partial charge in [-0.2, -0.15) is 5.26 Å². The quantitative estimate of drug-likeness (QED) is 0.641. The molecule has 3 nitrogen and oxygen atoms in total. The van der Waals surface area contributed by atoms with Gasteiger partial charge < -0.3 is 4.57 Å². The summed E-state index contributed by atoms with van der Waals surface area (Å²) < 4.78 is 2.26. The number of hydrogen-bond acceptors (Lipinski definition) is 2. The van der Waals surface area contributed by atoms with E-state index in [1.54, 1.807) is 0 Å². The molecule has 2 aromatic carbocycles. The molecule has 3 heteroatoms. The van der Waals surface area contributed by atoms with Crippen molar-refractivity contribution in [1.82, 2.24) is 9.55 Å². The Bertz CT molecular complexity index is 897. The SMILES string of the molecule is Cc1cccc(-c2nc3cc(C)c(C)cc3n2CCCC#N)c1. The third-order valence-electron chi connectivity index (χ3n) is 4.31. The average molecular weight is 303 g/mol. The minimum absolute atomic E-state index is 0.567. The van der Waals surface area contributed by atoms with Crippen molar-refractivity contribution in [3.63, 3.8) is 0 Å². The number of benzene rings is 2. The molecule has 1 heterocycles. The summed E-state index contributed by atoms with van der Waals surface area (Å²) in [6, 6.07) is 15.0. The van der Waals surface area contributed by atoms with Crippen molar-refractivity contribution in [3.8, 4) is 17.5 Å². The Morgan fingerprint density at radius 2 is 1.87 bits per heavy atom. The van der Waals surface area contributed by atoms with Crippen molar-refractivity contribution >= 4 is 11.0 Å². The Balaban J connectivity index is 2.19. The fourth-order valence-corrected chi connectivity index (χ4v) is 2.93. The molecule has 0 spiro atoms. The van der Waals surface area contributed by atoms with Gasteiger partial charge in [0, 0.05) is 18.5 Å². The number of imidazole rings is 1. The van der Waals surface area contributed by atoms with E-state index >= 15 is 0 Å². The molecule has 0 N–H and O–H groups in total. The molecule has 0 saturated carbocycles. The first-order valence-corrected chi connectivity index (χ1v) is 8.01. The number of fused-ring (bicyclic) bond motifs is 1. The van der Waals surface area contributed by atoms with Gasteiger partial charge in [0.15, 0.2) is 0 Å². The zero-order valence-electron chi connectivity index (χ0n) is 13.9. The van der Waals surface area contributed by atoms with Crippen LogP contribution in [0.25, 0.3) is 22.4 Å². The largest absolute Gasteiger partial charge is 0.324 e. The van der Waals surface area contributed by atoms with Crippen molar-refractivity contribution < 1.29 is 0 Å². The lowest BCUT2D eigenvalue weighted by atomic mass is 10.1. The van der Waals surface area contributed by atoms with Crippen molar-refractivity contribution in [2.24, 2.45) is 0 Å². The minimum atomic E-state index is 0.567. The molecule has 1 aromatic heterocycles. The summed E-state index contributed by atoms with van der Waals surface area (Å²) >= 11 is 0. The van der Waals surface area contributed by atoms with Crippen LogP contribution in [0.1, 0.15) is 29.5 Å². The Morgan fingerprint density at radius 3 is 2.61 bits per heavy atom. The van der Waals surface area contributed by atoms with Crippen LogP contribution in [0, 0.1) is 32.1 Å². The van der Waals surface area contributed by atoms with E-state index in [-0.39, 0.29) is 0 Å². The van der Waals surface area contributed by atoms with E-state index in [0.29, 0.717) is 6.42 Å². The zero-order chi connectivity index (χ0) is 16.4. The Labute approximate surface area is 137 Å². The van der Waals surface area contributed by atoms with E-state index in [2.05, 4.69) is 67.8 Å². The van der Waals surface area contributed by atoms with Crippen molar-refractivity contribution in [2.45, 2.75) is 40.2 Å². The van der Waals surface area contributed by atoms with E-state index in [1.807, 2.05) is 0 Å². The van der Waals surface area contributed by atoms with Gasteiger partial charge in [-0.3, -0.25) is 0 Å². The first-order chi connectivity index (χ1) is 11.1. The number of hydrogen-bond donors (Lipinski definition) is 0. The minimum Gasteiger partial charge on any atom is -0.324 e. The Kier molecular flexibility index (Phi) is 4.16. The molecule has 0 amide bonds. The predicted octanol–water partition coefficient (Wildman–Crippen LogP) is 4.93. The van der Waals surface area contributed by atoms with Gasteiger partial charge in [-0.25, -0.2) is 4.98 Å². The van der Waals surface area contributed by atoms with E-state index in [9.17, 15) is 0 Å². The molecule has 3 rings (SSSR count). The van der Waals surface area contributed by atoms with Crippen LogP contribution in [-0.4, -0.2) is 9.55 Å². The smallest absolute Gasteiger partial charge is 0.141 e. The van der Waals surface area contributed by atoms with Crippen molar-refractivity contribution in [3.05, 3.63) is 53.1 Å². The second-order valence-corrected chi connectivity index (χ2v) is 6.14. The standard InChI is InChI=1S/C20H21N3/c1-14-7-6-8-17(11-14)20-22-18-12-15(2)16(3)13-19(18)23(20)10-5-4-9-21/h6-8,11-13H,4-5,10H2,1-3H3. The maximum Gasteiger partial charge on any atom is 0.141 e. The number of aryl methyl sites for hydroxylation is 4. The van der Waals surface area contributed by atoms with Crippen LogP contribution in [0.5, 0.6) is 0 Å². The van der Waals surface area contributed by atoms with Crippen molar-refractivity contribution in [2.75, 3.05) is 0 Å². The second-order valence-electron chi connectivity index (χ2n) is 6.14. The number of nitrogens with zero attached hydrogens (tertiary/aromatic N) is 3.